The topological polar surface area (TPSA) is 121 Å². The molecule has 4 rings (SSSR count). The number of carbonyl (C=O) groups is 2. The zero-order valence-electron chi connectivity index (χ0n) is 20.5. The van der Waals surface area contributed by atoms with Gasteiger partial charge in [-0.15, -0.1) is 0 Å². The van der Waals surface area contributed by atoms with Crippen molar-refractivity contribution in [2.75, 3.05) is 12.4 Å². The highest BCUT2D eigenvalue weighted by Gasteiger charge is 2.23. The van der Waals surface area contributed by atoms with Crippen LogP contribution < -0.4 is 20.1 Å². The van der Waals surface area contributed by atoms with E-state index in [1.54, 1.807) is 60.7 Å². The number of aromatic carboxylic acids is 1. The van der Waals surface area contributed by atoms with Crippen molar-refractivity contribution in [3.8, 4) is 23.3 Å². The zero-order chi connectivity index (χ0) is 26.9. The molecule has 4 aromatic carbocycles. The maximum atomic E-state index is 13.4. The summed E-state index contributed by atoms with van der Waals surface area (Å²) in [4.78, 5) is 25.0. The zero-order valence-corrected chi connectivity index (χ0v) is 20.5. The number of benzene rings is 4. The van der Waals surface area contributed by atoms with Crippen LogP contribution in [0.5, 0.6) is 17.2 Å². The van der Waals surface area contributed by atoms with E-state index in [-0.39, 0.29) is 17.2 Å². The number of carbonyl (C=O) groups excluding carboxylic acids is 1. The lowest BCUT2D eigenvalue weighted by molar-refractivity contribution is -0.122. The molecule has 0 spiro atoms. The molecule has 0 saturated heterocycles. The molecule has 8 nitrogen and oxygen atoms in total. The SMILES string of the molecule is COc1cc(C(Nc2ccc(C#N)cc2)C(=O)NCc2ccccc2)ccc1Oc1ccccc1C(=O)O. The fourth-order valence-corrected chi connectivity index (χ4v) is 3.79. The lowest BCUT2D eigenvalue weighted by atomic mass is 10.0. The minimum absolute atomic E-state index is 0.0132. The van der Waals surface area contributed by atoms with Gasteiger partial charge in [0.25, 0.3) is 0 Å². The second-order valence-corrected chi connectivity index (χ2v) is 8.28. The van der Waals surface area contributed by atoms with E-state index in [4.69, 9.17) is 14.7 Å². The molecule has 0 heterocycles. The molecule has 1 amide bonds. The Hall–Kier alpha value is -5.29. The minimum Gasteiger partial charge on any atom is -0.493 e. The molecule has 8 heteroatoms. The van der Waals surface area contributed by atoms with Crippen LogP contribution >= 0.6 is 0 Å². The van der Waals surface area contributed by atoms with Crippen LogP contribution in [0.1, 0.15) is 33.1 Å². The van der Waals surface area contributed by atoms with Gasteiger partial charge in [-0.05, 0) is 59.7 Å². The maximum absolute atomic E-state index is 13.4. The van der Waals surface area contributed by atoms with E-state index in [1.807, 2.05) is 30.3 Å². The molecule has 0 bridgehead atoms. The summed E-state index contributed by atoms with van der Waals surface area (Å²) in [6.07, 6.45) is 0. The average Bonchev–Trinajstić information content (AvgIpc) is 2.96. The van der Waals surface area contributed by atoms with E-state index in [9.17, 15) is 14.7 Å². The van der Waals surface area contributed by atoms with E-state index in [2.05, 4.69) is 16.7 Å². The summed E-state index contributed by atoms with van der Waals surface area (Å²) in [7, 11) is 1.47. The van der Waals surface area contributed by atoms with E-state index in [0.717, 1.165) is 5.56 Å². The van der Waals surface area contributed by atoms with Gasteiger partial charge in [0.15, 0.2) is 11.5 Å². The number of amides is 1. The third-order valence-corrected chi connectivity index (χ3v) is 5.76. The Kier molecular flexibility index (Phi) is 8.21. The molecule has 0 aromatic heterocycles. The number of para-hydroxylation sites is 1. The number of methoxy groups -OCH3 is 1. The number of nitrogens with one attached hydrogen (secondary N) is 2. The van der Waals surface area contributed by atoms with Crippen molar-refractivity contribution >= 4 is 17.6 Å². The molecule has 190 valence electrons. The van der Waals surface area contributed by atoms with E-state index < -0.39 is 12.0 Å². The number of ether oxygens (including phenoxy) is 2. The third-order valence-electron chi connectivity index (χ3n) is 5.76. The van der Waals surface area contributed by atoms with Crippen LogP contribution in [0, 0.1) is 11.3 Å². The van der Waals surface area contributed by atoms with Crippen molar-refractivity contribution in [2.24, 2.45) is 0 Å². The first-order valence-corrected chi connectivity index (χ1v) is 11.7. The van der Waals surface area contributed by atoms with Crippen molar-refractivity contribution in [1.82, 2.24) is 5.32 Å². The number of hydrogen-bond acceptors (Lipinski definition) is 6. The van der Waals surface area contributed by atoms with Crippen LogP contribution in [-0.2, 0) is 11.3 Å². The summed E-state index contributed by atoms with van der Waals surface area (Å²) in [6, 6.07) is 28.9. The van der Waals surface area contributed by atoms with Gasteiger partial charge in [0.05, 0.1) is 18.7 Å². The van der Waals surface area contributed by atoms with Gasteiger partial charge >= 0.3 is 5.97 Å². The predicted molar refractivity (Wildman–Crippen MR) is 142 cm³/mol. The van der Waals surface area contributed by atoms with E-state index >= 15 is 0 Å². The first-order valence-electron chi connectivity index (χ1n) is 11.7. The highest BCUT2D eigenvalue weighted by molar-refractivity contribution is 5.91. The first kappa shape index (κ1) is 25.8. The Bertz CT molecular complexity index is 1460. The number of nitrogens with zero attached hydrogens (tertiary/aromatic N) is 1. The highest BCUT2D eigenvalue weighted by Crippen LogP contribution is 2.36. The van der Waals surface area contributed by atoms with E-state index in [1.165, 1.54) is 13.2 Å². The molecule has 0 aliphatic heterocycles. The number of rotatable bonds is 10. The number of carboxylic acid groups (broad SMARTS) is 1. The molecule has 1 atom stereocenters. The average molecular weight is 508 g/mol. The third kappa shape index (κ3) is 6.28. The largest absolute Gasteiger partial charge is 0.493 e. The second kappa shape index (κ2) is 12.1. The Morgan fingerprint density at radius 1 is 0.895 bits per heavy atom. The Balaban J connectivity index is 1.63. The van der Waals surface area contributed by atoms with Crippen LogP contribution in [0.3, 0.4) is 0 Å². The molecule has 38 heavy (non-hydrogen) atoms. The minimum atomic E-state index is -1.11. The van der Waals surface area contributed by atoms with Gasteiger partial charge in [0.1, 0.15) is 17.4 Å². The van der Waals surface area contributed by atoms with Crippen LogP contribution in [0.25, 0.3) is 0 Å². The summed E-state index contributed by atoms with van der Waals surface area (Å²) in [5.41, 5.74) is 2.72. The molecule has 1 unspecified atom stereocenters. The van der Waals surface area contributed by atoms with E-state index in [0.29, 0.717) is 34.9 Å². The summed E-state index contributed by atoms with van der Waals surface area (Å²) < 4.78 is 11.4. The van der Waals surface area contributed by atoms with Gasteiger partial charge in [-0.25, -0.2) is 4.79 Å². The summed E-state index contributed by atoms with van der Waals surface area (Å²) in [6.45, 7) is 0.343. The van der Waals surface area contributed by atoms with Crippen molar-refractivity contribution in [3.05, 3.63) is 119 Å². The Morgan fingerprint density at radius 3 is 2.29 bits per heavy atom. The molecule has 0 aliphatic carbocycles. The second-order valence-electron chi connectivity index (χ2n) is 8.28. The van der Waals surface area contributed by atoms with Gasteiger partial charge in [-0.3, -0.25) is 4.79 Å². The summed E-state index contributed by atoms with van der Waals surface area (Å²) >= 11 is 0. The fourth-order valence-electron chi connectivity index (χ4n) is 3.79. The van der Waals surface area contributed by atoms with Crippen LogP contribution in [0.15, 0.2) is 97.1 Å². The van der Waals surface area contributed by atoms with Gasteiger partial charge in [0.2, 0.25) is 5.91 Å². The number of nitriles is 1. The standard InChI is InChI=1S/C30H25N3O5/c1-37-27-17-22(13-16-26(27)38-25-10-6-5-9-24(25)30(35)36)28(33-23-14-11-20(18-31)12-15-23)29(34)32-19-21-7-3-2-4-8-21/h2-17,28,33H,19H2,1H3,(H,32,34)(H,35,36). The molecule has 0 aliphatic rings. The van der Waals surface area contributed by atoms with Crippen molar-refractivity contribution in [1.29, 1.82) is 5.26 Å². The lowest BCUT2D eigenvalue weighted by Gasteiger charge is -2.21. The van der Waals surface area contributed by atoms with Gasteiger partial charge < -0.3 is 25.2 Å². The number of carboxylic acids is 1. The van der Waals surface area contributed by atoms with Crippen molar-refractivity contribution in [2.45, 2.75) is 12.6 Å². The number of hydrogen-bond donors (Lipinski definition) is 3. The lowest BCUT2D eigenvalue weighted by Crippen LogP contribution is -2.33. The smallest absolute Gasteiger partial charge is 0.339 e. The molecule has 0 saturated carbocycles. The Morgan fingerprint density at radius 2 is 1.61 bits per heavy atom. The first-order chi connectivity index (χ1) is 18.5. The van der Waals surface area contributed by atoms with Crippen molar-refractivity contribution in [3.63, 3.8) is 0 Å². The molecular formula is C30H25N3O5. The molecular weight excluding hydrogens is 482 g/mol. The van der Waals surface area contributed by atoms with Crippen molar-refractivity contribution < 1.29 is 24.2 Å². The number of anilines is 1. The van der Waals surface area contributed by atoms with Gasteiger partial charge in [0, 0.05) is 12.2 Å². The van der Waals surface area contributed by atoms with Gasteiger partial charge in [-0.2, -0.15) is 5.26 Å². The van der Waals surface area contributed by atoms with Crippen LogP contribution in [0.2, 0.25) is 0 Å². The Labute approximate surface area is 220 Å². The van der Waals surface area contributed by atoms with Gasteiger partial charge in [-0.1, -0.05) is 48.5 Å². The molecule has 0 radical (unpaired) electrons. The highest BCUT2D eigenvalue weighted by atomic mass is 16.5. The summed E-state index contributed by atoms with van der Waals surface area (Å²) in [5.74, 6) is -0.598. The normalized spacial score (nSPS) is 11.1. The summed E-state index contributed by atoms with van der Waals surface area (Å²) in [5, 5.41) is 24.8. The predicted octanol–water partition coefficient (Wildman–Crippen LogP) is 5.53. The molecule has 3 N–H and O–H groups in total. The fraction of sp³-hybridized carbons (Fsp3) is 0.100. The maximum Gasteiger partial charge on any atom is 0.339 e. The molecule has 4 aromatic rings. The monoisotopic (exact) mass is 507 g/mol. The van der Waals surface area contributed by atoms with Crippen LogP contribution in [0.4, 0.5) is 5.69 Å². The quantitative estimate of drug-likeness (QED) is 0.258. The molecule has 0 fully saturated rings. The van der Waals surface area contributed by atoms with Crippen LogP contribution in [-0.4, -0.2) is 24.1 Å².